The number of nitrogens with one attached hydrogen (secondary N) is 1. The summed E-state index contributed by atoms with van der Waals surface area (Å²) in [5, 5.41) is 6.73. The summed E-state index contributed by atoms with van der Waals surface area (Å²) in [5.74, 6) is 0.780. The summed E-state index contributed by atoms with van der Waals surface area (Å²) >= 11 is 6.06. The molecule has 0 aliphatic heterocycles. The van der Waals surface area contributed by atoms with Crippen LogP contribution in [0.4, 0.5) is 0 Å². The van der Waals surface area contributed by atoms with Gasteiger partial charge in [0.05, 0.1) is 7.11 Å². The molecule has 2 aromatic carbocycles. The van der Waals surface area contributed by atoms with Gasteiger partial charge in [0.25, 0.3) is 10.0 Å². The normalized spacial score (nSPS) is 11.8. The SMILES string of the molecule is COc1ccc(CCc2c(S(N)(=O)=O)[nH]c3ccc(Cl)cc23)cc1. The fourth-order valence-corrected chi connectivity index (χ4v) is 3.73. The van der Waals surface area contributed by atoms with Crippen molar-refractivity contribution in [2.24, 2.45) is 5.14 Å². The van der Waals surface area contributed by atoms with Crippen LogP contribution in [0.5, 0.6) is 5.75 Å². The molecule has 0 saturated carbocycles. The molecule has 0 radical (unpaired) electrons. The molecule has 0 atom stereocenters. The third-order valence-corrected chi connectivity index (χ3v) is 5.09. The lowest BCUT2D eigenvalue weighted by Gasteiger charge is -2.05. The Labute approximate surface area is 145 Å². The van der Waals surface area contributed by atoms with E-state index in [0.29, 0.717) is 28.9 Å². The number of methoxy groups -OCH3 is 1. The van der Waals surface area contributed by atoms with Gasteiger partial charge >= 0.3 is 0 Å². The van der Waals surface area contributed by atoms with Crippen LogP contribution in [-0.4, -0.2) is 20.5 Å². The maximum absolute atomic E-state index is 11.9. The summed E-state index contributed by atoms with van der Waals surface area (Å²) in [6.45, 7) is 0. The third kappa shape index (κ3) is 3.40. The Morgan fingerprint density at radius 1 is 1.12 bits per heavy atom. The predicted molar refractivity (Wildman–Crippen MR) is 95.1 cm³/mol. The van der Waals surface area contributed by atoms with Gasteiger partial charge in [-0.3, -0.25) is 0 Å². The monoisotopic (exact) mass is 364 g/mol. The molecule has 0 bridgehead atoms. The number of aromatic nitrogens is 1. The molecule has 1 heterocycles. The summed E-state index contributed by atoms with van der Waals surface area (Å²) in [4.78, 5) is 2.89. The second-order valence-corrected chi connectivity index (χ2v) is 7.45. The molecule has 3 N–H and O–H groups in total. The number of rotatable bonds is 5. The lowest BCUT2D eigenvalue weighted by molar-refractivity contribution is 0.414. The van der Waals surface area contributed by atoms with Gasteiger partial charge in [-0.25, -0.2) is 13.6 Å². The lowest BCUT2D eigenvalue weighted by atomic mass is 10.0. The number of H-pyrrole nitrogens is 1. The van der Waals surface area contributed by atoms with Crippen molar-refractivity contribution in [2.75, 3.05) is 7.11 Å². The van der Waals surface area contributed by atoms with Crippen molar-refractivity contribution in [3.05, 3.63) is 58.6 Å². The van der Waals surface area contributed by atoms with Crippen molar-refractivity contribution in [3.8, 4) is 5.75 Å². The largest absolute Gasteiger partial charge is 0.497 e. The first kappa shape index (κ1) is 16.8. The van der Waals surface area contributed by atoms with Gasteiger partial charge in [0.15, 0.2) is 5.03 Å². The number of nitrogens with two attached hydrogens (primary N) is 1. The quantitative estimate of drug-likeness (QED) is 0.728. The Morgan fingerprint density at radius 2 is 1.83 bits per heavy atom. The molecule has 3 aromatic rings. The smallest absolute Gasteiger partial charge is 0.253 e. The van der Waals surface area contributed by atoms with Gasteiger partial charge < -0.3 is 9.72 Å². The molecule has 0 aliphatic rings. The van der Waals surface area contributed by atoms with Gasteiger partial charge in [0.2, 0.25) is 0 Å². The third-order valence-electron chi connectivity index (χ3n) is 3.94. The van der Waals surface area contributed by atoms with Crippen molar-refractivity contribution in [1.82, 2.24) is 4.98 Å². The number of fused-ring (bicyclic) bond motifs is 1. The van der Waals surface area contributed by atoms with Crippen LogP contribution in [0.25, 0.3) is 10.9 Å². The summed E-state index contributed by atoms with van der Waals surface area (Å²) in [6.07, 6.45) is 1.20. The average Bonchev–Trinajstić information content (AvgIpc) is 2.91. The van der Waals surface area contributed by atoms with Crippen LogP contribution >= 0.6 is 11.6 Å². The first-order valence-corrected chi connectivity index (χ1v) is 9.27. The number of halogens is 1. The Morgan fingerprint density at radius 3 is 2.46 bits per heavy atom. The standard InChI is InChI=1S/C17H17ClN2O3S/c1-23-13-6-2-11(3-7-13)4-8-14-15-10-12(18)5-9-16(15)20-17(14)24(19,21)22/h2-3,5-7,9-10,20H,4,8H2,1H3,(H2,19,21,22). The molecule has 7 heteroatoms. The first-order chi connectivity index (χ1) is 11.4. The minimum Gasteiger partial charge on any atom is -0.497 e. The summed E-state index contributed by atoms with van der Waals surface area (Å²) in [6, 6.07) is 12.9. The van der Waals surface area contributed by atoms with E-state index in [1.807, 2.05) is 24.3 Å². The molecule has 1 aromatic heterocycles. The molecule has 0 aliphatic carbocycles. The van der Waals surface area contributed by atoms with Crippen molar-refractivity contribution < 1.29 is 13.2 Å². The van der Waals surface area contributed by atoms with E-state index in [1.54, 1.807) is 25.3 Å². The average molecular weight is 365 g/mol. The Kier molecular flexibility index (Phi) is 4.54. The van der Waals surface area contributed by atoms with Crippen molar-refractivity contribution in [2.45, 2.75) is 17.9 Å². The van der Waals surface area contributed by atoms with E-state index in [-0.39, 0.29) is 5.03 Å². The molecule has 0 saturated heterocycles. The van der Waals surface area contributed by atoms with Gasteiger partial charge in [-0.1, -0.05) is 23.7 Å². The highest BCUT2D eigenvalue weighted by Crippen LogP contribution is 2.29. The molecule has 0 unspecified atom stereocenters. The predicted octanol–water partition coefficient (Wildman–Crippen LogP) is 3.26. The van der Waals surface area contributed by atoms with Crippen molar-refractivity contribution >= 4 is 32.5 Å². The number of hydrogen-bond acceptors (Lipinski definition) is 3. The van der Waals surface area contributed by atoms with E-state index < -0.39 is 10.0 Å². The highest BCUT2D eigenvalue weighted by Gasteiger charge is 2.20. The number of primary sulfonamides is 1. The van der Waals surface area contributed by atoms with Crippen LogP contribution in [0.15, 0.2) is 47.5 Å². The lowest BCUT2D eigenvalue weighted by Crippen LogP contribution is -2.14. The van der Waals surface area contributed by atoms with E-state index in [4.69, 9.17) is 21.5 Å². The second-order valence-electron chi connectivity index (χ2n) is 5.52. The number of benzene rings is 2. The zero-order valence-electron chi connectivity index (χ0n) is 13.0. The molecule has 3 rings (SSSR count). The second kappa shape index (κ2) is 6.47. The fourth-order valence-electron chi connectivity index (χ4n) is 2.75. The molecule has 0 fully saturated rings. The van der Waals surface area contributed by atoms with Crippen LogP contribution in [-0.2, 0) is 22.9 Å². The Balaban J connectivity index is 1.98. The van der Waals surface area contributed by atoms with Crippen molar-refractivity contribution in [1.29, 1.82) is 0 Å². The van der Waals surface area contributed by atoms with E-state index in [2.05, 4.69) is 4.98 Å². The minimum absolute atomic E-state index is 0.0493. The zero-order valence-corrected chi connectivity index (χ0v) is 14.6. The fraction of sp³-hybridized carbons (Fsp3) is 0.176. The minimum atomic E-state index is -3.84. The van der Waals surface area contributed by atoms with Gasteiger partial charge in [0, 0.05) is 15.9 Å². The van der Waals surface area contributed by atoms with Crippen LogP contribution in [0.2, 0.25) is 5.02 Å². The van der Waals surface area contributed by atoms with Gasteiger partial charge in [-0.2, -0.15) is 0 Å². The summed E-state index contributed by atoms with van der Waals surface area (Å²) in [7, 11) is -2.23. The van der Waals surface area contributed by atoms with Gasteiger partial charge in [-0.15, -0.1) is 0 Å². The summed E-state index contributed by atoms with van der Waals surface area (Å²) < 4.78 is 28.9. The van der Waals surface area contributed by atoms with E-state index in [9.17, 15) is 8.42 Å². The number of aromatic amines is 1. The molecule has 0 spiro atoms. The van der Waals surface area contributed by atoms with E-state index in [0.717, 1.165) is 16.7 Å². The number of ether oxygens (including phenoxy) is 1. The van der Waals surface area contributed by atoms with E-state index in [1.165, 1.54) is 0 Å². The molecule has 0 amide bonds. The van der Waals surface area contributed by atoms with Gasteiger partial charge in [0.1, 0.15) is 5.75 Å². The number of aryl methyl sites for hydroxylation is 2. The van der Waals surface area contributed by atoms with Crippen LogP contribution in [0.1, 0.15) is 11.1 Å². The maximum Gasteiger partial charge on any atom is 0.253 e. The number of hydrogen-bond donors (Lipinski definition) is 2. The van der Waals surface area contributed by atoms with Gasteiger partial charge in [-0.05, 0) is 54.3 Å². The van der Waals surface area contributed by atoms with Crippen molar-refractivity contribution in [3.63, 3.8) is 0 Å². The highest BCUT2D eigenvalue weighted by molar-refractivity contribution is 7.89. The molecular formula is C17H17ClN2O3S. The molecule has 5 nitrogen and oxygen atoms in total. The van der Waals surface area contributed by atoms with Crippen LogP contribution in [0.3, 0.4) is 0 Å². The molecular weight excluding hydrogens is 348 g/mol. The molecule has 24 heavy (non-hydrogen) atoms. The first-order valence-electron chi connectivity index (χ1n) is 7.34. The number of sulfonamides is 1. The molecule has 126 valence electrons. The van der Waals surface area contributed by atoms with Crippen LogP contribution < -0.4 is 9.88 Å². The van der Waals surface area contributed by atoms with E-state index >= 15 is 0 Å². The maximum atomic E-state index is 11.9. The highest BCUT2D eigenvalue weighted by atomic mass is 35.5. The Hall–Kier alpha value is -2.02. The topological polar surface area (TPSA) is 85.2 Å². The zero-order chi connectivity index (χ0) is 17.3. The van der Waals surface area contributed by atoms with Crippen LogP contribution in [0, 0.1) is 0 Å². The Bertz CT molecular complexity index is 979. The summed E-state index contributed by atoms with van der Waals surface area (Å²) in [5.41, 5.74) is 2.44.